The second-order valence-corrected chi connectivity index (χ2v) is 5.75. The van der Waals surface area contributed by atoms with Crippen molar-refractivity contribution in [3.8, 4) is 0 Å². The smallest absolute Gasteiger partial charge is 0.241 e. The average molecular weight is 269 g/mol. The molecule has 0 aromatic heterocycles. The van der Waals surface area contributed by atoms with E-state index in [2.05, 4.69) is 4.72 Å². The fraction of sp³-hybridized carbons (Fsp3) is 0.333. The molecule has 0 aliphatic carbocycles. The first-order valence-electron chi connectivity index (χ1n) is 5.38. The van der Waals surface area contributed by atoms with Gasteiger partial charge in [0.1, 0.15) is 5.78 Å². The molecule has 1 atom stereocenters. The van der Waals surface area contributed by atoms with E-state index in [0.29, 0.717) is 5.56 Å². The minimum Gasteiger partial charge on any atom is -0.298 e. The Kier molecular flexibility index (Phi) is 4.37. The van der Waals surface area contributed by atoms with E-state index >= 15 is 0 Å². The van der Waals surface area contributed by atoms with Crippen molar-refractivity contribution >= 4 is 21.6 Å². The molecule has 5 nitrogen and oxygen atoms in total. The molecule has 6 heteroatoms. The largest absolute Gasteiger partial charge is 0.298 e. The highest BCUT2D eigenvalue weighted by molar-refractivity contribution is 7.89. The lowest BCUT2D eigenvalue weighted by molar-refractivity contribution is -0.118. The van der Waals surface area contributed by atoms with E-state index in [4.69, 9.17) is 0 Å². The van der Waals surface area contributed by atoms with Crippen molar-refractivity contribution in [3.05, 3.63) is 29.8 Å². The lowest BCUT2D eigenvalue weighted by Crippen LogP contribution is -2.37. The van der Waals surface area contributed by atoms with Gasteiger partial charge in [0.15, 0.2) is 5.78 Å². The SMILES string of the molecule is CC(=O)c1ccc(S(=O)(=O)NC(C)C(C)=O)cc1. The number of hydrogen-bond donors (Lipinski definition) is 1. The maximum Gasteiger partial charge on any atom is 0.241 e. The summed E-state index contributed by atoms with van der Waals surface area (Å²) in [5.41, 5.74) is 0.438. The van der Waals surface area contributed by atoms with Crippen LogP contribution >= 0.6 is 0 Å². The van der Waals surface area contributed by atoms with E-state index in [-0.39, 0.29) is 16.5 Å². The summed E-state index contributed by atoms with van der Waals surface area (Å²) in [6.07, 6.45) is 0. The Morgan fingerprint density at radius 3 is 2.00 bits per heavy atom. The maximum atomic E-state index is 11.9. The summed E-state index contributed by atoms with van der Waals surface area (Å²) in [5, 5.41) is 0. The Bertz CT molecular complexity index is 560. The molecule has 0 saturated heterocycles. The molecule has 1 unspecified atom stereocenters. The van der Waals surface area contributed by atoms with Gasteiger partial charge in [-0.15, -0.1) is 0 Å². The summed E-state index contributed by atoms with van der Waals surface area (Å²) in [5.74, 6) is -0.400. The quantitative estimate of drug-likeness (QED) is 0.813. The fourth-order valence-corrected chi connectivity index (χ4v) is 2.51. The Morgan fingerprint density at radius 1 is 1.11 bits per heavy atom. The van der Waals surface area contributed by atoms with Crippen molar-refractivity contribution in [2.45, 2.75) is 31.7 Å². The van der Waals surface area contributed by atoms with Crippen molar-refractivity contribution in [2.75, 3.05) is 0 Å². The molecule has 0 aliphatic heterocycles. The van der Waals surface area contributed by atoms with Gasteiger partial charge in [-0.1, -0.05) is 12.1 Å². The van der Waals surface area contributed by atoms with E-state index in [1.54, 1.807) is 0 Å². The first-order valence-corrected chi connectivity index (χ1v) is 6.86. The third-order valence-corrected chi connectivity index (χ3v) is 4.07. The minimum absolute atomic E-state index is 0.0283. The fourth-order valence-electron chi connectivity index (χ4n) is 1.25. The number of benzene rings is 1. The molecule has 0 bridgehead atoms. The first kappa shape index (κ1) is 14.5. The van der Waals surface area contributed by atoms with Crippen molar-refractivity contribution in [1.82, 2.24) is 4.72 Å². The predicted octanol–water partition coefficient (Wildman–Crippen LogP) is 1.15. The molecule has 0 fully saturated rings. The number of Topliss-reactive ketones (excluding diaryl/α,β-unsaturated/α-hetero) is 2. The van der Waals surface area contributed by atoms with Gasteiger partial charge in [-0.25, -0.2) is 13.1 Å². The molecule has 1 N–H and O–H groups in total. The van der Waals surface area contributed by atoms with Crippen LogP contribution in [0.4, 0.5) is 0 Å². The van der Waals surface area contributed by atoms with E-state index < -0.39 is 16.1 Å². The Labute approximate surface area is 106 Å². The molecule has 1 aromatic rings. The molecular weight excluding hydrogens is 254 g/mol. The standard InChI is InChI=1S/C12H15NO4S/c1-8(9(2)14)13-18(16,17)12-6-4-11(5-7-12)10(3)15/h4-8,13H,1-3H3. The molecule has 18 heavy (non-hydrogen) atoms. The average Bonchev–Trinajstić information content (AvgIpc) is 2.28. The van der Waals surface area contributed by atoms with Crippen LogP contribution < -0.4 is 4.72 Å². The zero-order valence-electron chi connectivity index (χ0n) is 10.4. The number of carbonyl (C=O) groups excluding carboxylic acids is 2. The van der Waals surface area contributed by atoms with Gasteiger partial charge in [0.2, 0.25) is 10.0 Å². The van der Waals surface area contributed by atoms with E-state index in [1.807, 2.05) is 0 Å². The maximum absolute atomic E-state index is 11.9. The van der Waals surface area contributed by atoms with Crippen molar-refractivity contribution < 1.29 is 18.0 Å². The van der Waals surface area contributed by atoms with Crippen molar-refractivity contribution in [3.63, 3.8) is 0 Å². The lowest BCUT2D eigenvalue weighted by atomic mass is 10.2. The molecule has 0 amide bonds. The number of hydrogen-bond acceptors (Lipinski definition) is 4. The van der Waals surface area contributed by atoms with Gasteiger partial charge < -0.3 is 0 Å². The van der Waals surface area contributed by atoms with Gasteiger partial charge in [-0.05, 0) is 32.9 Å². The second kappa shape index (κ2) is 5.41. The second-order valence-electron chi connectivity index (χ2n) is 4.03. The summed E-state index contributed by atoms with van der Waals surface area (Å²) in [6.45, 7) is 4.19. The molecule has 98 valence electrons. The van der Waals surface area contributed by atoms with Gasteiger partial charge >= 0.3 is 0 Å². The van der Waals surface area contributed by atoms with Crippen LogP contribution in [-0.4, -0.2) is 26.0 Å². The van der Waals surface area contributed by atoms with Crippen LogP contribution in [0.25, 0.3) is 0 Å². The first-order chi connectivity index (χ1) is 8.24. The molecule has 1 aromatic carbocycles. The minimum atomic E-state index is -3.73. The highest BCUT2D eigenvalue weighted by Gasteiger charge is 2.19. The Hall–Kier alpha value is -1.53. The van der Waals surface area contributed by atoms with Crippen molar-refractivity contribution in [1.29, 1.82) is 0 Å². The van der Waals surface area contributed by atoms with Crippen LogP contribution in [0, 0.1) is 0 Å². The van der Waals surface area contributed by atoms with E-state index in [1.165, 1.54) is 45.0 Å². The van der Waals surface area contributed by atoms with Crippen LogP contribution in [-0.2, 0) is 14.8 Å². The third-order valence-electron chi connectivity index (χ3n) is 2.51. The number of nitrogens with one attached hydrogen (secondary N) is 1. The van der Waals surface area contributed by atoms with Crippen LogP contribution in [0.3, 0.4) is 0 Å². The van der Waals surface area contributed by atoms with Crippen LogP contribution in [0.1, 0.15) is 31.1 Å². The Morgan fingerprint density at radius 2 is 1.61 bits per heavy atom. The summed E-state index contributed by atoms with van der Waals surface area (Å²) in [6, 6.07) is 4.78. The van der Waals surface area contributed by atoms with Gasteiger partial charge in [0.25, 0.3) is 0 Å². The zero-order chi connectivity index (χ0) is 13.9. The zero-order valence-corrected chi connectivity index (χ0v) is 11.2. The number of carbonyl (C=O) groups is 2. The van der Waals surface area contributed by atoms with E-state index in [9.17, 15) is 18.0 Å². The lowest BCUT2D eigenvalue weighted by Gasteiger charge is -2.11. The summed E-state index contributed by atoms with van der Waals surface area (Å²) in [7, 11) is -3.73. The summed E-state index contributed by atoms with van der Waals surface area (Å²) >= 11 is 0. The van der Waals surface area contributed by atoms with Crippen LogP contribution in [0.5, 0.6) is 0 Å². The number of ketones is 2. The molecule has 1 rings (SSSR count). The van der Waals surface area contributed by atoms with Gasteiger partial charge in [0.05, 0.1) is 10.9 Å². The molecule has 0 radical (unpaired) electrons. The molecule has 0 heterocycles. The van der Waals surface area contributed by atoms with E-state index in [0.717, 1.165) is 0 Å². The third kappa shape index (κ3) is 3.48. The molecular formula is C12H15NO4S. The predicted molar refractivity (Wildman–Crippen MR) is 66.9 cm³/mol. The molecule has 0 aliphatic rings. The normalized spacial score (nSPS) is 13.1. The number of sulfonamides is 1. The highest BCUT2D eigenvalue weighted by Crippen LogP contribution is 2.11. The summed E-state index contributed by atoms with van der Waals surface area (Å²) < 4.78 is 26.0. The Balaban J connectivity index is 2.99. The number of rotatable bonds is 5. The van der Waals surface area contributed by atoms with Crippen LogP contribution in [0.15, 0.2) is 29.2 Å². The van der Waals surface area contributed by atoms with Gasteiger partial charge in [0, 0.05) is 5.56 Å². The van der Waals surface area contributed by atoms with Gasteiger partial charge in [-0.2, -0.15) is 0 Å². The van der Waals surface area contributed by atoms with Gasteiger partial charge in [-0.3, -0.25) is 9.59 Å². The molecule has 0 spiro atoms. The van der Waals surface area contributed by atoms with Crippen LogP contribution in [0.2, 0.25) is 0 Å². The molecule has 0 saturated carbocycles. The monoisotopic (exact) mass is 269 g/mol. The highest BCUT2D eigenvalue weighted by atomic mass is 32.2. The van der Waals surface area contributed by atoms with Crippen molar-refractivity contribution in [2.24, 2.45) is 0 Å². The summed E-state index contributed by atoms with van der Waals surface area (Å²) in [4.78, 5) is 22.1. The topological polar surface area (TPSA) is 80.3 Å².